The van der Waals surface area contributed by atoms with Crippen LogP contribution in [0.2, 0.25) is 0 Å². The summed E-state index contributed by atoms with van der Waals surface area (Å²) in [5.41, 5.74) is 0. The predicted octanol–water partition coefficient (Wildman–Crippen LogP) is -11.6. The van der Waals surface area contributed by atoms with Crippen molar-refractivity contribution < 1.29 is 129 Å². The predicted molar refractivity (Wildman–Crippen MR) is 190 cm³/mol. The van der Waals surface area contributed by atoms with Crippen LogP contribution < -0.4 is 10.6 Å². The van der Waals surface area contributed by atoms with Gasteiger partial charge in [0.1, 0.15) is 122 Å². The van der Waals surface area contributed by atoms with E-state index < -0.39 is 198 Å². The Morgan fingerprint density at radius 3 is 1.37 bits per heavy atom. The summed E-state index contributed by atoms with van der Waals surface area (Å²) in [6.45, 7) is -2.17. The van der Waals surface area contributed by atoms with E-state index in [1.165, 1.54) is 0 Å². The quantitative estimate of drug-likeness (QED) is 0.0725. The van der Waals surface area contributed by atoms with Gasteiger partial charge in [0.05, 0.1) is 33.0 Å². The van der Waals surface area contributed by atoms with Crippen LogP contribution in [0.3, 0.4) is 0 Å². The van der Waals surface area contributed by atoms with Crippen LogP contribution in [-0.4, -0.2) is 275 Å². The highest BCUT2D eigenvalue weighted by molar-refractivity contribution is 5.73. The van der Waals surface area contributed by atoms with E-state index in [0.29, 0.717) is 0 Å². The van der Waals surface area contributed by atoms with Crippen LogP contribution in [0.5, 0.6) is 0 Å². The Labute approximate surface area is 351 Å². The summed E-state index contributed by atoms with van der Waals surface area (Å²) in [5, 5.41) is 163. The molecule has 5 fully saturated rings. The summed E-state index contributed by atoms with van der Waals surface area (Å²) in [6, 6.07) is -2.95. The second kappa shape index (κ2) is 22.0. The molecule has 2 amide bonds. The molecule has 360 valence electrons. The van der Waals surface area contributed by atoms with Crippen LogP contribution >= 0.6 is 0 Å². The normalized spacial score (nSPS) is 49.0. The molecule has 0 bridgehead atoms. The van der Waals surface area contributed by atoms with E-state index in [9.17, 15) is 86.2 Å². The molecule has 5 saturated heterocycles. The van der Waals surface area contributed by atoms with Gasteiger partial charge in [0, 0.05) is 13.8 Å². The first-order valence-corrected chi connectivity index (χ1v) is 19.6. The molecule has 0 aromatic carbocycles. The summed E-state index contributed by atoms with van der Waals surface area (Å²) < 4.78 is 50.3. The van der Waals surface area contributed by atoms with Gasteiger partial charge in [0.2, 0.25) is 11.8 Å². The molecule has 0 aromatic rings. The second-order valence-corrected chi connectivity index (χ2v) is 15.5. The Kier molecular flexibility index (Phi) is 18.1. The number of hydrogen-bond donors (Lipinski definition) is 17. The maximum Gasteiger partial charge on any atom is 0.217 e. The number of aliphatic hydroxyl groups excluding tert-OH is 15. The van der Waals surface area contributed by atoms with Crippen molar-refractivity contribution in [3.63, 3.8) is 0 Å². The van der Waals surface area contributed by atoms with E-state index in [2.05, 4.69) is 10.6 Å². The zero-order chi connectivity index (χ0) is 45.9. The van der Waals surface area contributed by atoms with Crippen molar-refractivity contribution >= 4 is 11.8 Å². The van der Waals surface area contributed by atoms with E-state index in [-0.39, 0.29) is 0 Å². The lowest BCUT2D eigenvalue weighted by atomic mass is 9.94. The lowest BCUT2D eigenvalue weighted by molar-refractivity contribution is -0.387. The van der Waals surface area contributed by atoms with Crippen molar-refractivity contribution in [1.29, 1.82) is 0 Å². The van der Waals surface area contributed by atoms with Gasteiger partial charge in [0.25, 0.3) is 0 Å². The molecule has 5 aliphatic rings. The molecule has 5 aliphatic heterocycles. The standard InChI is InChI=1S/C34H58N2O26/c1-8(41)35-15-20(46)18(44)14(55-30(15)53)7-54-31-16(36-9(2)42)21(47)27(12(5-39)58-31)60-33-25(51)23(49)28(13(6-40)59-33)61-34-26(52)29(19(45)11(4-38)57-34)62-32-24(50)22(48)17(43)10(3-37)56-32/h10-34,37-40,43-53H,3-7H2,1-2H3,(H,35,41)(H,36,42)/t10-,11-,12-,13-,14-,15-,16-,17+,18+,19+,20-,21-,22+,23-,24-,25-,26-,27-,28+,29+,30+,31-,32-,33+,34-/m1/s1. The number of aliphatic hydroxyl groups is 15. The molecule has 28 heteroatoms. The van der Waals surface area contributed by atoms with E-state index in [4.69, 9.17) is 42.6 Å². The Morgan fingerprint density at radius 2 is 0.839 bits per heavy atom. The molecule has 0 spiro atoms. The monoisotopic (exact) mass is 910 g/mol. The van der Waals surface area contributed by atoms with Crippen LogP contribution in [0, 0.1) is 0 Å². The maximum absolute atomic E-state index is 12.2. The second-order valence-electron chi connectivity index (χ2n) is 15.5. The fraction of sp³-hybridized carbons (Fsp3) is 0.941. The Morgan fingerprint density at radius 1 is 0.419 bits per heavy atom. The molecule has 5 heterocycles. The molecule has 17 N–H and O–H groups in total. The number of ether oxygens (including phenoxy) is 9. The van der Waals surface area contributed by atoms with Crippen LogP contribution in [0.4, 0.5) is 0 Å². The minimum absolute atomic E-state index is 0.639. The highest BCUT2D eigenvalue weighted by atomic mass is 16.8. The first-order valence-electron chi connectivity index (χ1n) is 19.6. The van der Waals surface area contributed by atoms with E-state index in [1.54, 1.807) is 0 Å². The molecule has 28 nitrogen and oxygen atoms in total. The van der Waals surface area contributed by atoms with Crippen molar-refractivity contribution in [3.05, 3.63) is 0 Å². The van der Waals surface area contributed by atoms with Crippen molar-refractivity contribution in [2.45, 2.75) is 167 Å². The van der Waals surface area contributed by atoms with Gasteiger partial charge in [-0.2, -0.15) is 0 Å². The SMILES string of the molecule is CC(=O)N[C@@H]1[C@@H](O)[C@@H](O)[C@@H](CO[C@@H]2O[C@H](CO)[C@@H](O[C@@H]3O[C@H](CO)[C@H](O[C@H]4O[C@H](CO)[C@H](O)[C@H](O[C@H]5O[C@H](CO)[C@H](O)[C@H](O)[C@H]5O)[C@H]4O)[C@H](O)[C@H]3O)[C@H](O)[C@H]2NC(C)=O)O[C@@H]1O. The average Bonchev–Trinajstić information content (AvgIpc) is 3.23. The van der Waals surface area contributed by atoms with Crippen molar-refractivity contribution in [2.75, 3.05) is 33.0 Å². The molecule has 5 rings (SSSR count). The summed E-state index contributed by atoms with van der Waals surface area (Å²) in [5.74, 6) is -1.38. The van der Waals surface area contributed by atoms with Crippen LogP contribution in [0.15, 0.2) is 0 Å². The number of carbonyl (C=O) groups is 2. The number of rotatable bonds is 15. The van der Waals surface area contributed by atoms with Gasteiger partial charge in [-0.1, -0.05) is 0 Å². The zero-order valence-corrected chi connectivity index (χ0v) is 33.2. The molecule has 0 saturated carbocycles. The fourth-order valence-electron chi connectivity index (χ4n) is 7.73. The van der Waals surface area contributed by atoms with Gasteiger partial charge in [-0.25, -0.2) is 0 Å². The summed E-state index contributed by atoms with van der Waals surface area (Å²) in [7, 11) is 0. The maximum atomic E-state index is 12.2. The van der Waals surface area contributed by atoms with Crippen molar-refractivity contribution in [2.24, 2.45) is 0 Å². The summed E-state index contributed by atoms with van der Waals surface area (Å²) in [6.07, 6.45) is -41.6. The minimum Gasteiger partial charge on any atom is -0.394 e. The Balaban J connectivity index is 1.26. The molecule has 0 radical (unpaired) electrons. The van der Waals surface area contributed by atoms with Crippen molar-refractivity contribution in [1.82, 2.24) is 10.6 Å². The molecular formula is C34H58N2O26. The number of hydrogen-bond acceptors (Lipinski definition) is 26. The van der Waals surface area contributed by atoms with E-state index >= 15 is 0 Å². The van der Waals surface area contributed by atoms with E-state index in [1.807, 2.05) is 0 Å². The number of carbonyl (C=O) groups excluding carboxylic acids is 2. The molecule has 0 aromatic heterocycles. The first kappa shape index (κ1) is 51.0. The first-order chi connectivity index (χ1) is 29.3. The van der Waals surface area contributed by atoms with Gasteiger partial charge < -0.3 is 130 Å². The topological polar surface area (TPSA) is 445 Å². The largest absolute Gasteiger partial charge is 0.394 e. The highest BCUT2D eigenvalue weighted by Crippen LogP contribution is 2.35. The molecule has 0 aliphatic carbocycles. The van der Waals surface area contributed by atoms with E-state index in [0.717, 1.165) is 13.8 Å². The van der Waals surface area contributed by atoms with Gasteiger partial charge in [-0.05, 0) is 0 Å². The lowest BCUT2D eigenvalue weighted by Crippen LogP contribution is -2.69. The number of nitrogens with one attached hydrogen (secondary N) is 2. The van der Waals surface area contributed by atoms with Gasteiger partial charge in [0.15, 0.2) is 31.5 Å². The average molecular weight is 911 g/mol. The van der Waals surface area contributed by atoms with Crippen LogP contribution in [-0.2, 0) is 52.2 Å². The van der Waals surface area contributed by atoms with Crippen molar-refractivity contribution in [3.8, 4) is 0 Å². The lowest BCUT2D eigenvalue weighted by Gasteiger charge is -2.49. The third-order valence-electron chi connectivity index (χ3n) is 11.1. The fourth-order valence-corrected chi connectivity index (χ4v) is 7.73. The Bertz CT molecular complexity index is 1440. The van der Waals surface area contributed by atoms with Gasteiger partial charge in [-0.3, -0.25) is 9.59 Å². The van der Waals surface area contributed by atoms with Gasteiger partial charge >= 0.3 is 0 Å². The smallest absolute Gasteiger partial charge is 0.217 e. The number of amides is 2. The summed E-state index contributed by atoms with van der Waals surface area (Å²) in [4.78, 5) is 23.7. The third-order valence-corrected chi connectivity index (χ3v) is 11.1. The minimum atomic E-state index is -2.13. The highest BCUT2D eigenvalue weighted by Gasteiger charge is 2.56. The Hall–Kier alpha value is -2.02. The third kappa shape index (κ3) is 11.0. The van der Waals surface area contributed by atoms with Crippen LogP contribution in [0.25, 0.3) is 0 Å². The molecular weight excluding hydrogens is 852 g/mol. The van der Waals surface area contributed by atoms with Gasteiger partial charge in [-0.15, -0.1) is 0 Å². The molecule has 25 atom stereocenters. The molecule has 62 heavy (non-hydrogen) atoms. The molecule has 0 unspecified atom stereocenters. The zero-order valence-electron chi connectivity index (χ0n) is 33.2. The van der Waals surface area contributed by atoms with Crippen LogP contribution in [0.1, 0.15) is 13.8 Å². The summed E-state index contributed by atoms with van der Waals surface area (Å²) >= 11 is 0.